The van der Waals surface area contributed by atoms with Crippen LogP contribution in [-0.4, -0.2) is 31.7 Å². The molecule has 0 spiro atoms. The molecular formula is C25H24N2O5S. The van der Waals surface area contributed by atoms with E-state index in [1.54, 1.807) is 30.3 Å². The zero-order valence-corrected chi connectivity index (χ0v) is 19.0. The van der Waals surface area contributed by atoms with Crippen LogP contribution in [0.15, 0.2) is 65.6 Å². The van der Waals surface area contributed by atoms with Crippen LogP contribution in [0.2, 0.25) is 0 Å². The second-order valence-corrected chi connectivity index (χ2v) is 10.1. The van der Waals surface area contributed by atoms with E-state index in [4.69, 9.17) is 9.47 Å². The summed E-state index contributed by atoms with van der Waals surface area (Å²) in [6.45, 7) is 2.81. The standard InChI is InChI=1S/C25H24N2O5S/c1-17-10-11-20-22(14-17)32-21-16-23(31-18-8-4-2-5-9-18)24(15-19(21)25(28)26-20)33(29,30)27-12-6-3-7-13-27/h2,4-5,8-11,14-16H,3,6-7,12-13H2,1H3,(H,26,28). The van der Waals surface area contributed by atoms with Gasteiger partial charge in [0, 0.05) is 19.2 Å². The summed E-state index contributed by atoms with van der Waals surface area (Å²) in [5.41, 5.74) is 1.63. The molecule has 0 aromatic heterocycles. The Morgan fingerprint density at radius 1 is 0.939 bits per heavy atom. The van der Waals surface area contributed by atoms with E-state index in [0.29, 0.717) is 30.3 Å². The number of carbonyl (C=O) groups excluding carboxylic acids is 1. The lowest BCUT2D eigenvalue weighted by atomic mass is 10.1. The van der Waals surface area contributed by atoms with Gasteiger partial charge in [0.1, 0.15) is 16.4 Å². The monoisotopic (exact) mass is 464 g/mol. The highest BCUT2D eigenvalue weighted by Gasteiger charge is 2.33. The van der Waals surface area contributed by atoms with Gasteiger partial charge in [-0.3, -0.25) is 4.79 Å². The van der Waals surface area contributed by atoms with Crippen molar-refractivity contribution in [2.24, 2.45) is 0 Å². The molecule has 1 saturated heterocycles. The first-order valence-corrected chi connectivity index (χ1v) is 12.4. The Labute approximate surface area is 193 Å². The van der Waals surface area contributed by atoms with Crippen molar-refractivity contribution in [2.45, 2.75) is 31.1 Å². The minimum Gasteiger partial charge on any atom is -0.456 e. The number of anilines is 1. The third-order valence-corrected chi connectivity index (χ3v) is 7.72. The molecule has 2 aliphatic rings. The molecule has 1 amide bonds. The first kappa shape index (κ1) is 21.5. The molecular weight excluding hydrogens is 440 g/mol. The minimum atomic E-state index is -3.88. The van der Waals surface area contributed by atoms with E-state index in [-0.39, 0.29) is 22.0 Å². The lowest BCUT2D eigenvalue weighted by Crippen LogP contribution is -2.35. The number of aryl methyl sites for hydroxylation is 1. The molecule has 33 heavy (non-hydrogen) atoms. The Bertz CT molecular complexity index is 1320. The molecule has 1 fully saturated rings. The molecule has 3 aromatic carbocycles. The van der Waals surface area contributed by atoms with Crippen LogP contribution in [0.1, 0.15) is 35.2 Å². The molecule has 1 N–H and O–H groups in total. The zero-order chi connectivity index (χ0) is 23.0. The van der Waals surface area contributed by atoms with Crippen LogP contribution in [0.5, 0.6) is 23.0 Å². The van der Waals surface area contributed by atoms with Gasteiger partial charge in [0.15, 0.2) is 11.5 Å². The highest BCUT2D eigenvalue weighted by atomic mass is 32.2. The number of nitrogens with one attached hydrogen (secondary N) is 1. The number of hydrogen-bond acceptors (Lipinski definition) is 5. The van der Waals surface area contributed by atoms with E-state index in [1.807, 2.05) is 25.1 Å². The number of carbonyl (C=O) groups is 1. The molecule has 0 aliphatic carbocycles. The highest BCUT2D eigenvalue weighted by molar-refractivity contribution is 7.89. The molecule has 8 heteroatoms. The van der Waals surface area contributed by atoms with Gasteiger partial charge in [-0.2, -0.15) is 4.31 Å². The van der Waals surface area contributed by atoms with Crippen molar-refractivity contribution in [2.75, 3.05) is 18.4 Å². The Kier molecular flexibility index (Phi) is 5.55. The van der Waals surface area contributed by atoms with Crippen LogP contribution in [-0.2, 0) is 10.0 Å². The second-order valence-electron chi connectivity index (χ2n) is 8.23. The number of nitrogens with zero attached hydrogens (tertiary/aromatic N) is 1. The number of benzene rings is 3. The second kappa shape index (κ2) is 8.53. The maximum Gasteiger partial charge on any atom is 0.259 e. The average Bonchev–Trinajstić information content (AvgIpc) is 2.95. The van der Waals surface area contributed by atoms with Gasteiger partial charge in [0.05, 0.1) is 11.3 Å². The van der Waals surface area contributed by atoms with Crippen LogP contribution in [0.25, 0.3) is 0 Å². The smallest absolute Gasteiger partial charge is 0.259 e. The third-order valence-electron chi connectivity index (χ3n) is 5.80. The highest BCUT2D eigenvalue weighted by Crippen LogP contribution is 2.42. The number of rotatable bonds is 4. The van der Waals surface area contributed by atoms with Crippen LogP contribution in [0, 0.1) is 6.92 Å². The Hall–Kier alpha value is -3.36. The Morgan fingerprint density at radius 2 is 1.70 bits per heavy atom. The normalized spacial score (nSPS) is 16.1. The lowest BCUT2D eigenvalue weighted by molar-refractivity contribution is 0.102. The summed E-state index contributed by atoms with van der Waals surface area (Å²) in [5, 5.41) is 2.82. The first-order valence-electron chi connectivity index (χ1n) is 10.9. The number of para-hydroxylation sites is 1. The van der Waals surface area contributed by atoms with Crippen LogP contribution in [0.3, 0.4) is 0 Å². The van der Waals surface area contributed by atoms with Crippen LogP contribution < -0.4 is 14.8 Å². The molecule has 0 unspecified atom stereocenters. The molecule has 170 valence electrons. The van der Waals surface area contributed by atoms with Crippen LogP contribution in [0.4, 0.5) is 5.69 Å². The predicted octanol–water partition coefficient (Wildman–Crippen LogP) is 5.32. The maximum atomic E-state index is 13.6. The zero-order valence-electron chi connectivity index (χ0n) is 18.2. The maximum absolute atomic E-state index is 13.6. The number of piperidine rings is 1. The van der Waals surface area contributed by atoms with Gasteiger partial charge >= 0.3 is 0 Å². The summed E-state index contributed by atoms with van der Waals surface area (Å²) in [4.78, 5) is 13.0. The summed E-state index contributed by atoms with van der Waals surface area (Å²) in [6.07, 6.45) is 2.60. The number of ether oxygens (including phenoxy) is 2. The van der Waals surface area contributed by atoms with Gasteiger partial charge in [-0.25, -0.2) is 8.42 Å². The summed E-state index contributed by atoms with van der Waals surface area (Å²) < 4.78 is 40.8. The number of fused-ring (bicyclic) bond motifs is 2. The quantitative estimate of drug-likeness (QED) is 0.565. The molecule has 0 atom stereocenters. The summed E-state index contributed by atoms with van der Waals surface area (Å²) >= 11 is 0. The van der Waals surface area contributed by atoms with E-state index in [1.165, 1.54) is 16.4 Å². The van der Waals surface area contributed by atoms with Gasteiger partial charge in [-0.15, -0.1) is 0 Å². The van der Waals surface area contributed by atoms with Crippen molar-refractivity contribution in [1.29, 1.82) is 0 Å². The summed E-state index contributed by atoms with van der Waals surface area (Å²) in [5.74, 6) is 0.894. The fraction of sp³-hybridized carbons (Fsp3) is 0.240. The largest absolute Gasteiger partial charge is 0.456 e. The molecule has 2 aliphatic heterocycles. The molecule has 0 bridgehead atoms. The van der Waals surface area contributed by atoms with E-state index < -0.39 is 15.9 Å². The Morgan fingerprint density at radius 3 is 2.45 bits per heavy atom. The number of sulfonamides is 1. The van der Waals surface area contributed by atoms with Gasteiger partial charge < -0.3 is 14.8 Å². The van der Waals surface area contributed by atoms with Crippen molar-refractivity contribution in [3.63, 3.8) is 0 Å². The predicted molar refractivity (Wildman–Crippen MR) is 125 cm³/mol. The molecule has 0 saturated carbocycles. The first-order chi connectivity index (χ1) is 15.9. The third kappa shape index (κ3) is 4.19. The van der Waals surface area contributed by atoms with E-state index in [0.717, 1.165) is 24.8 Å². The number of amides is 1. The Balaban J connectivity index is 1.65. The number of hydrogen-bond donors (Lipinski definition) is 1. The van der Waals surface area contributed by atoms with Gasteiger partial charge in [-0.05, 0) is 55.7 Å². The lowest BCUT2D eigenvalue weighted by Gasteiger charge is -2.27. The minimum absolute atomic E-state index is 0.0483. The van der Waals surface area contributed by atoms with Gasteiger partial charge in [0.25, 0.3) is 5.91 Å². The van der Waals surface area contributed by atoms with E-state index >= 15 is 0 Å². The van der Waals surface area contributed by atoms with Crippen molar-refractivity contribution in [3.05, 3.63) is 71.8 Å². The van der Waals surface area contributed by atoms with Crippen molar-refractivity contribution < 1.29 is 22.7 Å². The molecule has 7 nitrogen and oxygen atoms in total. The SMILES string of the molecule is Cc1ccc2c(c1)Oc1cc(Oc3ccccc3)c(S(=O)(=O)N3CCCCC3)cc1C(=O)N2. The van der Waals surface area contributed by atoms with Crippen LogP contribution >= 0.6 is 0 Å². The van der Waals surface area contributed by atoms with Crippen molar-refractivity contribution in [3.8, 4) is 23.0 Å². The topological polar surface area (TPSA) is 84.9 Å². The summed E-state index contributed by atoms with van der Waals surface area (Å²) in [7, 11) is -3.88. The van der Waals surface area contributed by atoms with Crippen molar-refractivity contribution in [1.82, 2.24) is 4.31 Å². The summed E-state index contributed by atoms with van der Waals surface area (Å²) in [6, 6.07) is 17.3. The van der Waals surface area contributed by atoms with Gasteiger partial charge in [-0.1, -0.05) is 30.7 Å². The average molecular weight is 465 g/mol. The van der Waals surface area contributed by atoms with E-state index in [2.05, 4.69) is 5.32 Å². The van der Waals surface area contributed by atoms with Crippen molar-refractivity contribution >= 4 is 21.6 Å². The van der Waals surface area contributed by atoms with E-state index in [9.17, 15) is 13.2 Å². The van der Waals surface area contributed by atoms with Gasteiger partial charge in [0.2, 0.25) is 10.0 Å². The fourth-order valence-electron chi connectivity index (χ4n) is 4.07. The fourth-order valence-corrected chi connectivity index (χ4v) is 5.71. The molecule has 3 aromatic rings. The molecule has 5 rings (SSSR count). The molecule has 2 heterocycles. The molecule has 0 radical (unpaired) electrons.